The molecular weight excluding hydrogens is 274 g/mol. The summed E-state index contributed by atoms with van der Waals surface area (Å²) in [6.45, 7) is 3.90. The summed E-state index contributed by atoms with van der Waals surface area (Å²) in [5.41, 5.74) is 8.25. The van der Waals surface area contributed by atoms with Crippen LogP contribution in [-0.4, -0.2) is 32.4 Å². The molecule has 1 saturated heterocycles. The molecule has 2 aliphatic rings. The van der Waals surface area contributed by atoms with Gasteiger partial charge in [0, 0.05) is 19.6 Å². The van der Waals surface area contributed by atoms with Crippen molar-refractivity contribution in [2.75, 3.05) is 29.7 Å². The minimum atomic E-state index is -3.43. The average molecular weight is 295 g/mol. The molecule has 2 N–H and O–H groups in total. The summed E-state index contributed by atoms with van der Waals surface area (Å²) in [7, 11) is -3.43. The Morgan fingerprint density at radius 3 is 2.60 bits per heavy atom. The lowest BCUT2D eigenvalue weighted by molar-refractivity contribution is 0.287. The fourth-order valence-corrected chi connectivity index (χ4v) is 4.76. The first-order valence-electron chi connectivity index (χ1n) is 7.15. The zero-order valence-corrected chi connectivity index (χ0v) is 12.6. The van der Waals surface area contributed by atoms with Gasteiger partial charge in [-0.2, -0.15) is 12.7 Å². The van der Waals surface area contributed by atoms with Gasteiger partial charge in [0.05, 0.1) is 11.4 Å². The minimum Gasteiger partial charge on any atom is -0.397 e. The van der Waals surface area contributed by atoms with Crippen LogP contribution in [0.25, 0.3) is 0 Å². The van der Waals surface area contributed by atoms with Crippen LogP contribution in [0.3, 0.4) is 0 Å². The molecule has 0 aromatic heterocycles. The third-order valence-corrected chi connectivity index (χ3v) is 6.27. The molecule has 0 atom stereocenters. The normalized spacial score (nSPS) is 21.1. The first kappa shape index (κ1) is 13.7. The van der Waals surface area contributed by atoms with Crippen LogP contribution in [-0.2, 0) is 16.6 Å². The fraction of sp³-hybridized carbons (Fsp3) is 0.571. The van der Waals surface area contributed by atoms with Crippen LogP contribution >= 0.6 is 0 Å². The highest BCUT2D eigenvalue weighted by molar-refractivity contribution is 7.90. The molecule has 2 aliphatic heterocycles. The Kier molecular flexibility index (Phi) is 3.38. The predicted molar refractivity (Wildman–Crippen MR) is 80.8 cm³/mol. The van der Waals surface area contributed by atoms with E-state index in [-0.39, 0.29) is 0 Å². The van der Waals surface area contributed by atoms with Gasteiger partial charge in [0.2, 0.25) is 0 Å². The number of rotatable bonds is 2. The van der Waals surface area contributed by atoms with Crippen LogP contribution < -0.4 is 10.0 Å². The van der Waals surface area contributed by atoms with E-state index in [2.05, 4.69) is 6.92 Å². The van der Waals surface area contributed by atoms with Gasteiger partial charge < -0.3 is 5.73 Å². The van der Waals surface area contributed by atoms with E-state index in [9.17, 15) is 8.42 Å². The summed E-state index contributed by atoms with van der Waals surface area (Å²) in [5.74, 6) is 0.609. The van der Waals surface area contributed by atoms with Gasteiger partial charge in [-0.1, -0.05) is 19.1 Å². The molecule has 0 amide bonds. The molecule has 1 aromatic carbocycles. The first-order chi connectivity index (χ1) is 9.50. The second-order valence-corrected chi connectivity index (χ2v) is 7.62. The Bertz CT molecular complexity index is 607. The van der Waals surface area contributed by atoms with E-state index >= 15 is 0 Å². The van der Waals surface area contributed by atoms with Gasteiger partial charge in [-0.25, -0.2) is 0 Å². The second-order valence-electron chi connectivity index (χ2n) is 5.77. The van der Waals surface area contributed by atoms with Crippen molar-refractivity contribution in [2.45, 2.75) is 26.2 Å². The number of nitrogens with zero attached hydrogens (tertiary/aromatic N) is 2. The maximum Gasteiger partial charge on any atom is 0.304 e. The van der Waals surface area contributed by atoms with Crippen molar-refractivity contribution in [3.63, 3.8) is 0 Å². The van der Waals surface area contributed by atoms with Gasteiger partial charge in [-0.05, 0) is 36.8 Å². The van der Waals surface area contributed by atoms with Crippen LogP contribution in [0.4, 0.5) is 11.4 Å². The molecule has 2 heterocycles. The average Bonchev–Trinajstić information content (AvgIpc) is 2.85. The SMILES string of the molecule is CC1CCN(S(=O)(=O)N2CCc3cccc(N)c32)CC1. The van der Waals surface area contributed by atoms with Gasteiger partial charge in [-0.3, -0.25) is 4.31 Å². The fourth-order valence-electron chi connectivity index (χ4n) is 3.04. The monoisotopic (exact) mass is 295 g/mol. The highest BCUT2D eigenvalue weighted by Crippen LogP contribution is 2.37. The van der Waals surface area contributed by atoms with Gasteiger partial charge in [-0.15, -0.1) is 0 Å². The molecule has 20 heavy (non-hydrogen) atoms. The summed E-state index contributed by atoms with van der Waals surface area (Å²) in [5, 5.41) is 0. The highest BCUT2D eigenvalue weighted by atomic mass is 32.2. The molecule has 0 bridgehead atoms. The van der Waals surface area contributed by atoms with Crippen molar-refractivity contribution in [3.8, 4) is 0 Å². The van der Waals surface area contributed by atoms with Crippen molar-refractivity contribution in [2.24, 2.45) is 5.92 Å². The highest BCUT2D eigenvalue weighted by Gasteiger charge is 2.36. The molecule has 5 nitrogen and oxygen atoms in total. The smallest absolute Gasteiger partial charge is 0.304 e. The Labute approximate surface area is 120 Å². The molecule has 0 saturated carbocycles. The van der Waals surface area contributed by atoms with Gasteiger partial charge in [0.1, 0.15) is 0 Å². The van der Waals surface area contributed by atoms with Crippen molar-refractivity contribution >= 4 is 21.6 Å². The van der Waals surface area contributed by atoms with Gasteiger partial charge in [0.25, 0.3) is 0 Å². The molecule has 1 fully saturated rings. The minimum absolute atomic E-state index is 0.498. The summed E-state index contributed by atoms with van der Waals surface area (Å²) in [6, 6.07) is 5.61. The lowest BCUT2D eigenvalue weighted by Gasteiger charge is -2.33. The van der Waals surface area contributed by atoms with Gasteiger partial charge in [0.15, 0.2) is 0 Å². The van der Waals surface area contributed by atoms with Crippen LogP contribution in [0.5, 0.6) is 0 Å². The zero-order chi connectivity index (χ0) is 14.3. The predicted octanol–water partition coefficient (Wildman–Crippen LogP) is 1.61. The lowest BCUT2D eigenvalue weighted by Crippen LogP contribution is -2.46. The standard InChI is InChI=1S/C14H21N3O2S/c1-11-5-8-16(9-6-11)20(18,19)17-10-7-12-3-2-4-13(15)14(12)17/h2-4,11H,5-10,15H2,1H3. The summed E-state index contributed by atoms with van der Waals surface area (Å²) in [6.07, 6.45) is 2.61. The maximum absolute atomic E-state index is 12.8. The molecule has 1 aromatic rings. The number of benzene rings is 1. The molecule has 3 rings (SSSR count). The van der Waals surface area contributed by atoms with Crippen molar-refractivity contribution in [1.82, 2.24) is 4.31 Å². The number of anilines is 2. The summed E-state index contributed by atoms with van der Waals surface area (Å²) < 4.78 is 28.7. The lowest BCUT2D eigenvalue weighted by atomic mass is 10.0. The third kappa shape index (κ3) is 2.16. The zero-order valence-electron chi connectivity index (χ0n) is 11.7. The van der Waals surface area contributed by atoms with Crippen LogP contribution in [0.1, 0.15) is 25.3 Å². The van der Waals surface area contributed by atoms with Crippen LogP contribution in [0, 0.1) is 5.92 Å². The van der Waals surface area contributed by atoms with Crippen molar-refractivity contribution in [1.29, 1.82) is 0 Å². The Balaban J connectivity index is 1.91. The molecule has 0 unspecified atom stereocenters. The quantitative estimate of drug-likeness (QED) is 0.843. The van der Waals surface area contributed by atoms with E-state index in [0.717, 1.165) is 24.8 Å². The number of piperidine rings is 1. The largest absolute Gasteiger partial charge is 0.397 e. The summed E-state index contributed by atoms with van der Waals surface area (Å²) in [4.78, 5) is 0. The number of nitrogens with two attached hydrogens (primary N) is 1. The molecule has 0 radical (unpaired) electrons. The summed E-state index contributed by atoms with van der Waals surface area (Å²) >= 11 is 0. The third-order valence-electron chi connectivity index (χ3n) is 4.33. The van der Waals surface area contributed by atoms with E-state index in [1.165, 1.54) is 4.31 Å². The maximum atomic E-state index is 12.8. The molecule has 0 spiro atoms. The topological polar surface area (TPSA) is 66.6 Å². The van der Waals surface area contributed by atoms with Crippen molar-refractivity contribution in [3.05, 3.63) is 23.8 Å². The molecule has 6 heteroatoms. The van der Waals surface area contributed by atoms with E-state index in [1.807, 2.05) is 12.1 Å². The van der Waals surface area contributed by atoms with Crippen LogP contribution in [0.2, 0.25) is 0 Å². The van der Waals surface area contributed by atoms with E-state index in [4.69, 9.17) is 5.73 Å². The Morgan fingerprint density at radius 1 is 1.20 bits per heavy atom. The van der Waals surface area contributed by atoms with E-state index in [0.29, 0.717) is 36.9 Å². The number of nitrogen functional groups attached to an aromatic ring is 1. The molecule has 110 valence electrons. The first-order valence-corrected chi connectivity index (χ1v) is 8.55. The number of hydrogen-bond acceptors (Lipinski definition) is 3. The van der Waals surface area contributed by atoms with E-state index in [1.54, 1.807) is 10.4 Å². The molecular formula is C14H21N3O2S. The second kappa shape index (κ2) is 4.93. The number of hydrogen-bond donors (Lipinski definition) is 1. The molecule has 0 aliphatic carbocycles. The Morgan fingerprint density at radius 2 is 1.90 bits per heavy atom. The van der Waals surface area contributed by atoms with E-state index < -0.39 is 10.2 Å². The number of para-hydroxylation sites is 1. The number of fused-ring (bicyclic) bond motifs is 1. The van der Waals surface area contributed by atoms with Gasteiger partial charge >= 0.3 is 10.2 Å². The van der Waals surface area contributed by atoms with Crippen LogP contribution in [0.15, 0.2) is 18.2 Å². The van der Waals surface area contributed by atoms with Crippen molar-refractivity contribution < 1.29 is 8.42 Å². The Hall–Kier alpha value is -1.27.